The van der Waals surface area contributed by atoms with Gasteiger partial charge in [0.15, 0.2) is 18.2 Å². The quantitative estimate of drug-likeness (QED) is 0.392. The van der Waals surface area contributed by atoms with Crippen molar-refractivity contribution in [3.05, 3.63) is 59.7 Å². The molecule has 0 aromatic heterocycles. The van der Waals surface area contributed by atoms with Gasteiger partial charge in [-0.05, 0) is 42.7 Å². The van der Waals surface area contributed by atoms with E-state index in [4.69, 9.17) is 4.74 Å². The second-order valence-corrected chi connectivity index (χ2v) is 6.87. The van der Waals surface area contributed by atoms with Crippen molar-refractivity contribution in [2.75, 3.05) is 18.2 Å². The molecule has 0 fully saturated rings. The van der Waals surface area contributed by atoms with Gasteiger partial charge in [-0.15, -0.1) is 11.8 Å². The number of esters is 1. The van der Waals surface area contributed by atoms with E-state index in [-0.39, 0.29) is 30.3 Å². The van der Waals surface area contributed by atoms with Gasteiger partial charge in [-0.3, -0.25) is 19.2 Å². The third kappa shape index (κ3) is 6.66. The summed E-state index contributed by atoms with van der Waals surface area (Å²) < 4.78 is 4.96. The molecule has 0 aliphatic carbocycles. The standard InChI is InChI=1S/C21H21NO5S/c1-14(23)22-17-7-3-16(4-8-17)20(25)13-27-21(26)12-11-19(24)15-5-9-18(28-2)10-6-15/h3-10H,11-13H2,1-2H3,(H,22,23). The van der Waals surface area contributed by atoms with Crippen LogP contribution in [0, 0.1) is 0 Å². The molecule has 0 heterocycles. The fourth-order valence-corrected chi connectivity index (χ4v) is 2.79. The summed E-state index contributed by atoms with van der Waals surface area (Å²) >= 11 is 1.58. The van der Waals surface area contributed by atoms with Gasteiger partial charge in [0.2, 0.25) is 5.91 Å². The molecule has 0 atom stereocenters. The third-order valence-corrected chi connectivity index (χ3v) is 4.60. The van der Waals surface area contributed by atoms with Crippen LogP contribution in [0.5, 0.6) is 0 Å². The number of Topliss-reactive ketones (excluding diaryl/α,β-unsaturated/α-hetero) is 2. The number of nitrogens with one attached hydrogen (secondary N) is 1. The Hall–Kier alpha value is -2.93. The van der Waals surface area contributed by atoms with Crippen LogP contribution in [0.1, 0.15) is 40.5 Å². The molecule has 2 rings (SSSR count). The molecule has 0 aliphatic rings. The third-order valence-electron chi connectivity index (χ3n) is 3.86. The van der Waals surface area contributed by atoms with Crippen molar-refractivity contribution in [1.29, 1.82) is 0 Å². The molecule has 2 aromatic rings. The number of carbonyl (C=O) groups excluding carboxylic acids is 4. The number of ether oxygens (including phenoxy) is 1. The lowest BCUT2D eigenvalue weighted by atomic mass is 10.1. The predicted molar refractivity (Wildman–Crippen MR) is 108 cm³/mol. The Morgan fingerprint density at radius 2 is 1.43 bits per heavy atom. The van der Waals surface area contributed by atoms with Gasteiger partial charge in [-0.1, -0.05) is 12.1 Å². The lowest BCUT2D eigenvalue weighted by Gasteiger charge is -2.06. The van der Waals surface area contributed by atoms with Crippen molar-refractivity contribution in [1.82, 2.24) is 0 Å². The maximum Gasteiger partial charge on any atom is 0.306 e. The lowest BCUT2D eigenvalue weighted by Crippen LogP contribution is -2.15. The lowest BCUT2D eigenvalue weighted by molar-refractivity contribution is -0.142. The van der Waals surface area contributed by atoms with Gasteiger partial charge in [-0.25, -0.2) is 0 Å². The van der Waals surface area contributed by atoms with E-state index in [1.54, 1.807) is 48.2 Å². The SMILES string of the molecule is CSc1ccc(C(=O)CCC(=O)OCC(=O)c2ccc(NC(C)=O)cc2)cc1. The second-order valence-electron chi connectivity index (χ2n) is 5.99. The van der Waals surface area contributed by atoms with E-state index in [2.05, 4.69) is 5.32 Å². The van der Waals surface area contributed by atoms with Gasteiger partial charge < -0.3 is 10.1 Å². The number of amides is 1. The number of thioether (sulfide) groups is 1. The molecule has 1 amide bonds. The van der Waals surface area contributed by atoms with Crippen LogP contribution in [-0.4, -0.2) is 36.3 Å². The van der Waals surface area contributed by atoms with Crippen LogP contribution in [-0.2, 0) is 14.3 Å². The molecule has 7 heteroatoms. The summed E-state index contributed by atoms with van der Waals surface area (Å²) in [7, 11) is 0. The first kappa shape index (κ1) is 21.4. The Kier molecular flexibility index (Phi) is 7.95. The van der Waals surface area contributed by atoms with Gasteiger partial charge in [-0.2, -0.15) is 0 Å². The summed E-state index contributed by atoms with van der Waals surface area (Å²) in [6, 6.07) is 13.4. The highest BCUT2D eigenvalue weighted by molar-refractivity contribution is 7.98. The molecular weight excluding hydrogens is 378 g/mol. The van der Waals surface area contributed by atoms with Crippen LogP contribution in [0.3, 0.4) is 0 Å². The van der Waals surface area contributed by atoms with Crippen LogP contribution in [0.15, 0.2) is 53.4 Å². The van der Waals surface area contributed by atoms with E-state index in [9.17, 15) is 19.2 Å². The van der Waals surface area contributed by atoms with Gasteiger partial charge in [0.05, 0.1) is 6.42 Å². The molecule has 1 N–H and O–H groups in total. The van der Waals surface area contributed by atoms with Crippen molar-refractivity contribution in [3.63, 3.8) is 0 Å². The number of benzene rings is 2. The number of rotatable bonds is 9. The summed E-state index contributed by atoms with van der Waals surface area (Å²) in [6.45, 7) is 0.998. The normalized spacial score (nSPS) is 10.2. The van der Waals surface area contributed by atoms with E-state index in [1.807, 2.05) is 18.4 Å². The molecule has 2 aromatic carbocycles. The molecule has 0 radical (unpaired) electrons. The van der Waals surface area contributed by atoms with E-state index >= 15 is 0 Å². The van der Waals surface area contributed by atoms with E-state index in [1.165, 1.54) is 6.92 Å². The molecule has 0 saturated heterocycles. The van der Waals surface area contributed by atoms with E-state index in [0.717, 1.165) is 4.90 Å². The van der Waals surface area contributed by atoms with Crippen molar-refractivity contribution in [3.8, 4) is 0 Å². The van der Waals surface area contributed by atoms with Crippen LogP contribution in [0.4, 0.5) is 5.69 Å². The van der Waals surface area contributed by atoms with Crippen molar-refractivity contribution in [2.45, 2.75) is 24.7 Å². The topological polar surface area (TPSA) is 89.5 Å². The molecule has 28 heavy (non-hydrogen) atoms. The smallest absolute Gasteiger partial charge is 0.306 e. The molecule has 0 bridgehead atoms. The van der Waals surface area contributed by atoms with Crippen molar-refractivity contribution >= 4 is 40.9 Å². The Balaban J connectivity index is 1.77. The van der Waals surface area contributed by atoms with Crippen LogP contribution >= 0.6 is 11.8 Å². The molecule has 0 unspecified atom stereocenters. The first-order valence-corrected chi connectivity index (χ1v) is 9.85. The van der Waals surface area contributed by atoms with Crippen LogP contribution in [0.25, 0.3) is 0 Å². The Morgan fingerprint density at radius 3 is 2.00 bits per heavy atom. The minimum absolute atomic E-state index is 0.0249. The first-order chi connectivity index (χ1) is 13.4. The summed E-state index contributed by atoms with van der Waals surface area (Å²) in [5, 5.41) is 2.60. The summed E-state index contributed by atoms with van der Waals surface area (Å²) in [6.07, 6.45) is 1.89. The number of hydrogen-bond acceptors (Lipinski definition) is 6. The Morgan fingerprint density at radius 1 is 0.857 bits per heavy atom. The molecular formula is C21H21NO5S. The highest BCUT2D eigenvalue weighted by Crippen LogP contribution is 2.16. The fourth-order valence-electron chi connectivity index (χ4n) is 2.38. The molecule has 0 saturated carbocycles. The molecule has 146 valence electrons. The maximum atomic E-state index is 12.1. The maximum absolute atomic E-state index is 12.1. The zero-order chi connectivity index (χ0) is 20.5. The minimum Gasteiger partial charge on any atom is -0.457 e. The molecule has 0 aliphatic heterocycles. The van der Waals surface area contributed by atoms with Crippen molar-refractivity contribution in [2.24, 2.45) is 0 Å². The molecule has 6 nitrogen and oxygen atoms in total. The number of hydrogen-bond donors (Lipinski definition) is 1. The average molecular weight is 399 g/mol. The minimum atomic E-state index is -0.600. The summed E-state index contributed by atoms with van der Waals surface area (Å²) in [4.78, 5) is 48.0. The monoisotopic (exact) mass is 399 g/mol. The molecule has 0 spiro atoms. The highest BCUT2D eigenvalue weighted by Gasteiger charge is 2.13. The van der Waals surface area contributed by atoms with Crippen LogP contribution in [0.2, 0.25) is 0 Å². The zero-order valence-electron chi connectivity index (χ0n) is 15.7. The summed E-state index contributed by atoms with van der Waals surface area (Å²) in [5.74, 6) is -1.31. The van der Waals surface area contributed by atoms with Gasteiger partial charge >= 0.3 is 5.97 Å². The average Bonchev–Trinajstić information content (AvgIpc) is 2.70. The zero-order valence-corrected chi connectivity index (χ0v) is 16.5. The number of ketones is 2. The largest absolute Gasteiger partial charge is 0.457 e. The number of anilines is 1. The fraction of sp³-hybridized carbons (Fsp3) is 0.238. The first-order valence-electron chi connectivity index (χ1n) is 8.63. The van der Waals surface area contributed by atoms with Gasteiger partial charge in [0.25, 0.3) is 0 Å². The second kappa shape index (κ2) is 10.4. The van der Waals surface area contributed by atoms with Gasteiger partial charge in [0, 0.05) is 35.1 Å². The van der Waals surface area contributed by atoms with Crippen LogP contribution < -0.4 is 5.32 Å². The Bertz CT molecular complexity index is 859. The van der Waals surface area contributed by atoms with E-state index < -0.39 is 12.6 Å². The van der Waals surface area contributed by atoms with E-state index in [0.29, 0.717) is 16.8 Å². The Labute approximate surface area is 167 Å². The summed E-state index contributed by atoms with van der Waals surface area (Å²) in [5.41, 5.74) is 1.48. The van der Waals surface area contributed by atoms with Gasteiger partial charge in [0.1, 0.15) is 0 Å². The highest BCUT2D eigenvalue weighted by atomic mass is 32.2. The predicted octanol–water partition coefficient (Wildman–Crippen LogP) is 3.76. The number of carbonyl (C=O) groups is 4. The van der Waals surface area contributed by atoms with Crippen molar-refractivity contribution < 1.29 is 23.9 Å².